The van der Waals surface area contributed by atoms with Crippen LogP contribution < -0.4 is 5.19 Å². The summed E-state index contributed by atoms with van der Waals surface area (Å²) in [5.41, 5.74) is 1.53. The SMILES string of the molecule is C[Si](C)(C)c1ccccc1CI. The molecule has 0 unspecified atom stereocenters. The monoisotopic (exact) mass is 290 g/mol. The number of hydrogen-bond acceptors (Lipinski definition) is 0. The third kappa shape index (κ3) is 2.33. The van der Waals surface area contributed by atoms with Gasteiger partial charge in [-0.2, -0.15) is 0 Å². The van der Waals surface area contributed by atoms with Crippen LogP contribution in [0.2, 0.25) is 19.6 Å². The Balaban J connectivity index is 3.14. The van der Waals surface area contributed by atoms with Gasteiger partial charge in [0.25, 0.3) is 0 Å². The van der Waals surface area contributed by atoms with Crippen LogP contribution >= 0.6 is 22.6 Å². The summed E-state index contributed by atoms with van der Waals surface area (Å²) in [7, 11) is -1.10. The number of hydrogen-bond donors (Lipinski definition) is 0. The molecule has 2 heteroatoms. The molecule has 0 spiro atoms. The molecule has 1 aromatic rings. The van der Waals surface area contributed by atoms with E-state index >= 15 is 0 Å². The average molecular weight is 290 g/mol. The molecule has 0 atom stereocenters. The first-order valence-electron chi connectivity index (χ1n) is 4.20. The minimum absolute atomic E-state index is 1.10. The van der Waals surface area contributed by atoms with Crippen molar-refractivity contribution in [3.8, 4) is 0 Å². The van der Waals surface area contributed by atoms with Crippen molar-refractivity contribution in [2.45, 2.75) is 24.1 Å². The highest BCUT2D eigenvalue weighted by atomic mass is 127. The number of alkyl halides is 1. The first-order valence-corrected chi connectivity index (χ1v) is 9.22. The Morgan fingerprint density at radius 2 is 1.75 bits per heavy atom. The minimum Gasteiger partial charge on any atom is -0.0812 e. The Hall–Kier alpha value is 0.167. The maximum Gasteiger partial charge on any atom is 0.0779 e. The van der Waals surface area contributed by atoms with E-state index in [2.05, 4.69) is 66.5 Å². The van der Waals surface area contributed by atoms with Gasteiger partial charge in [0.2, 0.25) is 0 Å². The van der Waals surface area contributed by atoms with Gasteiger partial charge in [0.15, 0.2) is 0 Å². The van der Waals surface area contributed by atoms with Gasteiger partial charge in [0.05, 0.1) is 8.07 Å². The second-order valence-electron chi connectivity index (χ2n) is 4.04. The number of benzene rings is 1. The molecule has 0 radical (unpaired) electrons. The lowest BCUT2D eigenvalue weighted by Crippen LogP contribution is -2.39. The summed E-state index contributed by atoms with van der Waals surface area (Å²) in [4.78, 5) is 0. The predicted octanol–water partition coefficient (Wildman–Crippen LogP) is 3.17. The minimum atomic E-state index is -1.10. The molecular formula is C10H15ISi. The Labute approximate surface area is 89.5 Å². The summed E-state index contributed by atoms with van der Waals surface area (Å²) in [5, 5.41) is 1.61. The molecule has 0 N–H and O–H groups in total. The van der Waals surface area contributed by atoms with E-state index in [0.717, 1.165) is 4.43 Å². The van der Waals surface area contributed by atoms with E-state index in [0.29, 0.717) is 0 Å². The quantitative estimate of drug-likeness (QED) is 0.446. The highest BCUT2D eigenvalue weighted by Gasteiger charge is 2.18. The molecule has 0 fully saturated rings. The van der Waals surface area contributed by atoms with Crippen LogP contribution in [0.5, 0.6) is 0 Å². The maximum atomic E-state index is 2.44. The molecular weight excluding hydrogens is 275 g/mol. The van der Waals surface area contributed by atoms with Crippen molar-refractivity contribution in [3.63, 3.8) is 0 Å². The molecule has 0 saturated carbocycles. The van der Waals surface area contributed by atoms with Crippen molar-refractivity contribution in [3.05, 3.63) is 29.8 Å². The summed E-state index contributed by atoms with van der Waals surface area (Å²) in [6.45, 7) is 7.20. The van der Waals surface area contributed by atoms with Gasteiger partial charge in [-0.15, -0.1) is 0 Å². The Bertz CT molecular complexity index is 263. The molecule has 0 aliphatic carbocycles. The molecule has 0 amide bonds. The molecule has 12 heavy (non-hydrogen) atoms. The van der Waals surface area contributed by atoms with Crippen LogP contribution in [0.4, 0.5) is 0 Å². The van der Waals surface area contributed by atoms with Crippen molar-refractivity contribution < 1.29 is 0 Å². The molecule has 66 valence electrons. The van der Waals surface area contributed by atoms with Crippen LogP contribution in [0.1, 0.15) is 5.56 Å². The van der Waals surface area contributed by atoms with Crippen LogP contribution in [-0.4, -0.2) is 8.07 Å². The second-order valence-corrected chi connectivity index (χ2v) is 9.84. The van der Waals surface area contributed by atoms with E-state index in [9.17, 15) is 0 Å². The van der Waals surface area contributed by atoms with Gasteiger partial charge < -0.3 is 0 Å². The van der Waals surface area contributed by atoms with Crippen LogP contribution in [0.25, 0.3) is 0 Å². The lowest BCUT2D eigenvalue weighted by atomic mass is 10.2. The molecule has 0 saturated heterocycles. The van der Waals surface area contributed by atoms with Crippen molar-refractivity contribution in [1.82, 2.24) is 0 Å². The second kappa shape index (κ2) is 3.92. The van der Waals surface area contributed by atoms with E-state index < -0.39 is 8.07 Å². The van der Waals surface area contributed by atoms with Crippen LogP contribution in [0.15, 0.2) is 24.3 Å². The first-order chi connectivity index (χ1) is 5.55. The van der Waals surface area contributed by atoms with Crippen molar-refractivity contribution >= 4 is 35.9 Å². The Morgan fingerprint density at radius 3 is 2.17 bits per heavy atom. The van der Waals surface area contributed by atoms with Crippen molar-refractivity contribution in [1.29, 1.82) is 0 Å². The van der Waals surface area contributed by atoms with Crippen molar-refractivity contribution in [2.24, 2.45) is 0 Å². The van der Waals surface area contributed by atoms with Gasteiger partial charge in [-0.25, -0.2) is 0 Å². The third-order valence-electron chi connectivity index (χ3n) is 1.97. The van der Waals surface area contributed by atoms with Crippen LogP contribution in [0, 0.1) is 0 Å². The van der Waals surface area contributed by atoms with E-state index in [1.165, 1.54) is 5.56 Å². The van der Waals surface area contributed by atoms with E-state index in [1.54, 1.807) is 5.19 Å². The van der Waals surface area contributed by atoms with Crippen LogP contribution in [-0.2, 0) is 4.43 Å². The van der Waals surface area contributed by atoms with E-state index in [4.69, 9.17) is 0 Å². The van der Waals surface area contributed by atoms with Gasteiger partial charge in [-0.1, -0.05) is 71.7 Å². The van der Waals surface area contributed by atoms with Gasteiger partial charge in [0.1, 0.15) is 0 Å². The Kier molecular flexibility index (Phi) is 3.35. The molecule has 0 aliphatic heterocycles. The molecule has 0 bridgehead atoms. The fourth-order valence-electron chi connectivity index (χ4n) is 1.37. The molecule has 0 heterocycles. The largest absolute Gasteiger partial charge is 0.0812 e. The molecule has 0 aromatic heterocycles. The normalized spacial score (nSPS) is 11.7. The topological polar surface area (TPSA) is 0 Å². The van der Waals surface area contributed by atoms with Gasteiger partial charge in [-0.3, -0.25) is 0 Å². The Morgan fingerprint density at radius 1 is 1.17 bits per heavy atom. The summed E-state index contributed by atoms with van der Waals surface area (Å²) < 4.78 is 1.14. The zero-order valence-corrected chi connectivity index (χ0v) is 11.1. The van der Waals surface area contributed by atoms with E-state index in [-0.39, 0.29) is 0 Å². The summed E-state index contributed by atoms with van der Waals surface area (Å²) in [5.74, 6) is 0. The van der Waals surface area contributed by atoms with E-state index in [1.807, 2.05) is 0 Å². The van der Waals surface area contributed by atoms with Gasteiger partial charge in [-0.05, 0) is 5.56 Å². The fraction of sp³-hybridized carbons (Fsp3) is 0.400. The highest BCUT2D eigenvalue weighted by Crippen LogP contribution is 2.09. The van der Waals surface area contributed by atoms with Crippen LogP contribution in [0.3, 0.4) is 0 Å². The molecule has 1 aromatic carbocycles. The first kappa shape index (κ1) is 10.2. The summed E-state index contributed by atoms with van der Waals surface area (Å²) >= 11 is 2.44. The van der Waals surface area contributed by atoms with Crippen molar-refractivity contribution in [2.75, 3.05) is 0 Å². The standard InChI is InChI=1S/C10H15ISi/c1-12(2,3)10-7-5-4-6-9(10)8-11/h4-7H,8H2,1-3H3. The molecule has 1 rings (SSSR count). The predicted molar refractivity (Wildman–Crippen MR) is 67.1 cm³/mol. The number of halogens is 1. The summed E-state index contributed by atoms with van der Waals surface area (Å²) in [6, 6.07) is 8.83. The maximum absolute atomic E-state index is 2.44. The zero-order valence-electron chi connectivity index (χ0n) is 7.89. The highest BCUT2D eigenvalue weighted by molar-refractivity contribution is 14.1. The lowest BCUT2D eigenvalue weighted by molar-refractivity contribution is 1.47. The zero-order chi connectivity index (χ0) is 9.19. The average Bonchev–Trinajstić information content (AvgIpc) is 2.03. The third-order valence-corrected chi connectivity index (χ3v) is 4.89. The molecule has 0 nitrogen and oxygen atoms in total. The van der Waals surface area contributed by atoms with Gasteiger partial charge >= 0.3 is 0 Å². The van der Waals surface area contributed by atoms with Gasteiger partial charge in [0, 0.05) is 4.43 Å². The fourth-order valence-corrected chi connectivity index (χ4v) is 4.12. The number of rotatable bonds is 2. The summed E-state index contributed by atoms with van der Waals surface area (Å²) in [6.07, 6.45) is 0. The lowest BCUT2D eigenvalue weighted by Gasteiger charge is -2.19. The molecule has 0 aliphatic rings. The smallest absolute Gasteiger partial charge is 0.0779 e.